The largest absolute Gasteiger partial charge is 0.390 e. The van der Waals surface area contributed by atoms with E-state index in [4.69, 9.17) is 10.1 Å². The van der Waals surface area contributed by atoms with Gasteiger partial charge in [-0.05, 0) is 82.2 Å². The van der Waals surface area contributed by atoms with Crippen LogP contribution in [-0.4, -0.2) is 50.5 Å². The Balaban J connectivity index is 1.52. The molecule has 3 aliphatic rings. The van der Waals surface area contributed by atoms with Gasteiger partial charge < -0.3 is 26.1 Å². The van der Waals surface area contributed by atoms with Crippen molar-refractivity contribution in [2.24, 2.45) is 11.8 Å². The van der Waals surface area contributed by atoms with Gasteiger partial charge >= 0.3 is 0 Å². The number of carbonyl (C=O) groups is 1. The zero-order valence-corrected chi connectivity index (χ0v) is 17.1. The number of ether oxygens (including phenoxy) is 1. The third kappa shape index (κ3) is 6.04. The van der Waals surface area contributed by atoms with Crippen LogP contribution in [-0.2, 0) is 9.53 Å². The molecule has 4 N–H and O–H groups in total. The fraction of sp³-hybridized carbons (Fsp3) is 0.636. The van der Waals surface area contributed by atoms with E-state index in [0.717, 1.165) is 43.3 Å². The molecule has 0 aromatic heterocycles. The molecule has 6 heteroatoms. The Morgan fingerprint density at radius 1 is 1.29 bits per heavy atom. The van der Waals surface area contributed by atoms with E-state index in [0.29, 0.717) is 23.7 Å². The monoisotopic (exact) mass is 386 g/mol. The number of amides is 1. The lowest BCUT2D eigenvalue weighted by Crippen LogP contribution is -2.34. The van der Waals surface area contributed by atoms with Gasteiger partial charge in [-0.2, -0.15) is 0 Å². The summed E-state index contributed by atoms with van der Waals surface area (Å²) in [5, 5.41) is 17.9. The summed E-state index contributed by atoms with van der Waals surface area (Å²) in [5.74, 6) is 1.28. The number of carbonyl (C=O) groups excluding carboxylic acids is 1. The van der Waals surface area contributed by atoms with Gasteiger partial charge in [-0.1, -0.05) is 0 Å². The van der Waals surface area contributed by atoms with Crippen molar-refractivity contribution in [2.75, 3.05) is 32.8 Å². The van der Waals surface area contributed by atoms with E-state index in [9.17, 15) is 4.79 Å². The minimum Gasteiger partial charge on any atom is -0.390 e. The minimum atomic E-state index is -0.104. The molecule has 0 radical (unpaired) electrons. The number of piperidine rings is 1. The highest BCUT2D eigenvalue weighted by molar-refractivity contribution is 6.14. The molecular weight excluding hydrogens is 352 g/mol. The summed E-state index contributed by atoms with van der Waals surface area (Å²) in [4.78, 5) is 12.6. The van der Waals surface area contributed by atoms with Gasteiger partial charge in [0, 0.05) is 37.0 Å². The molecule has 28 heavy (non-hydrogen) atoms. The van der Waals surface area contributed by atoms with Crippen LogP contribution in [0, 0.1) is 17.2 Å². The maximum Gasteiger partial charge on any atom is 0.251 e. The summed E-state index contributed by atoms with van der Waals surface area (Å²) in [6.45, 7) is 8.27. The fourth-order valence-electron chi connectivity index (χ4n) is 3.55. The van der Waals surface area contributed by atoms with E-state index in [1.165, 1.54) is 25.7 Å². The van der Waals surface area contributed by atoms with Crippen LogP contribution < -0.4 is 16.0 Å². The van der Waals surface area contributed by atoms with Gasteiger partial charge in [-0.25, -0.2) is 0 Å². The molecule has 1 atom stereocenters. The fourth-order valence-corrected chi connectivity index (χ4v) is 3.55. The maximum absolute atomic E-state index is 12.6. The average molecular weight is 387 g/mol. The summed E-state index contributed by atoms with van der Waals surface area (Å²) in [6, 6.07) is 0. The quantitative estimate of drug-likeness (QED) is 0.490. The van der Waals surface area contributed by atoms with Crippen LogP contribution in [0.3, 0.4) is 0 Å². The van der Waals surface area contributed by atoms with Gasteiger partial charge in [-0.15, -0.1) is 0 Å². The molecule has 0 spiro atoms. The normalized spacial score (nSPS) is 23.2. The highest BCUT2D eigenvalue weighted by atomic mass is 16.5. The highest BCUT2D eigenvalue weighted by Gasteiger charge is 2.23. The second kappa shape index (κ2) is 10.0. The first-order valence-electron chi connectivity index (χ1n) is 10.6. The summed E-state index contributed by atoms with van der Waals surface area (Å²) >= 11 is 0. The second-order valence-electron chi connectivity index (χ2n) is 8.24. The van der Waals surface area contributed by atoms with E-state index in [1.54, 1.807) is 12.2 Å². The van der Waals surface area contributed by atoms with Crippen molar-refractivity contribution in [1.82, 2.24) is 16.0 Å². The maximum atomic E-state index is 12.6. The SMILES string of the molecule is CC1=C(C(=O)NCC(C)OCC2CC2)C=CC(=N)/C1=C\NCC1CCNCC1. The Kier molecular flexibility index (Phi) is 7.45. The number of hydrogen-bond acceptors (Lipinski definition) is 5. The van der Waals surface area contributed by atoms with Crippen LogP contribution in [0.4, 0.5) is 0 Å². The third-order valence-corrected chi connectivity index (χ3v) is 5.73. The van der Waals surface area contributed by atoms with Crippen LogP contribution in [0.2, 0.25) is 0 Å². The minimum absolute atomic E-state index is 0.0120. The third-order valence-electron chi connectivity index (χ3n) is 5.73. The summed E-state index contributed by atoms with van der Waals surface area (Å²) in [7, 11) is 0. The smallest absolute Gasteiger partial charge is 0.251 e. The Bertz CT molecular complexity index is 670. The molecule has 1 unspecified atom stereocenters. The average Bonchev–Trinajstić information content (AvgIpc) is 3.52. The predicted molar refractivity (Wildman–Crippen MR) is 112 cm³/mol. The van der Waals surface area contributed by atoms with Crippen LogP contribution in [0.15, 0.2) is 35.1 Å². The van der Waals surface area contributed by atoms with E-state index in [1.807, 2.05) is 20.0 Å². The second-order valence-corrected chi connectivity index (χ2v) is 8.24. The molecule has 154 valence electrons. The van der Waals surface area contributed by atoms with Crippen molar-refractivity contribution >= 4 is 11.6 Å². The van der Waals surface area contributed by atoms with Gasteiger partial charge in [0.05, 0.1) is 11.8 Å². The van der Waals surface area contributed by atoms with Crippen LogP contribution in [0.5, 0.6) is 0 Å². The van der Waals surface area contributed by atoms with Crippen molar-refractivity contribution in [3.8, 4) is 0 Å². The molecular formula is C22H34N4O2. The van der Waals surface area contributed by atoms with Gasteiger partial charge in [-0.3, -0.25) is 4.79 Å². The number of rotatable bonds is 9. The molecule has 0 bridgehead atoms. The lowest BCUT2D eigenvalue weighted by molar-refractivity contribution is -0.117. The Morgan fingerprint density at radius 2 is 2.04 bits per heavy atom. The Hall–Kier alpha value is -1.92. The molecule has 1 aliphatic heterocycles. The van der Waals surface area contributed by atoms with Gasteiger partial charge in [0.2, 0.25) is 0 Å². The standard InChI is InChI=1S/C22H34N4O2/c1-15(28-14-18-3-4-18)11-26-22(27)19-5-6-21(23)20(16(19)2)13-25-12-17-7-9-24-10-8-17/h5-6,13,15,17-18,23-25H,3-4,7-12,14H2,1-2H3,(H,26,27)/b20-13-,23-21?. The van der Waals surface area contributed by atoms with Crippen molar-refractivity contribution in [3.63, 3.8) is 0 Å². The Morgan fingerprint density at radius 3 is 2.75 bits per heavy atom. The topological polar surface area (TPSA) is 86.2 Å². The van der Waals surface area contributed by atoms with Gasteiger partial charge in [0.15, 0.2) is 0 Å². The molecule has 1 saturated heterocycles. The summed E-state index contributed by atoms with van der Waals surface area (Å²) in [5.41, 5.74) is 2.70. The van der Waals surface area contributed by atoms with Crippen LogP contribution >= 0.6 is 0 Å². The van der Waals surface area contributed by atoms with E-state index in [-0.39, 0.29) is 12.0 Å². The highest BCUT2D eigenvalue weighted by Crippen LogP contribution is 2.29. The lowest BCUT2D eigenvalue weighted by Gasteiger charge is -2.23. The first kappa shape index (κ1) is 20.8. The van der Waals surface area contributed by atoms with E-state index < -0.39 is 0 Å². The van der Waals surface area contributed by atoms with Crippen LogP contribution in [0.1, 0.15) is 39.5 Å². The lowest BCUT2D eigenvalue weighted by atomic mass is 9.92. The first-order chi connectivity index (χ1) is 13.5. The summed E-state index contributed by atoms with van der Waals surface area (Å²) < 4.78 is 5.77. The zero-order valence-electron chi connectivity index (χ0n) is 17.1. The number of allylic oxidation sites excluding steroid dienone is 3. The van der Waals surface area contributed by atoms with E-state index >= 15 is 0 Å². The predicted octanol–water partition coefficient (Wildman–Crippen LogP) is 2.30. The van der Waals surface area contributed by atoms with Crippen molar-refractivity contribution in [2.45, 2.75) is 45.6 Å². The molecule has 2 aliphatic carbocycles. The molecule has 0 aromatic carbocycles. The van der Waals surface area contributed by atoms with Crippen molar-refractivity contribution in [1.29, 1.82) is 5.41 Å². The molecule has 6 nitrogen and oxygen atoms in total. The number of hydrogen-bond donors (Lipinski definition) is 4. The molecule has 1 heterocycles. The van der Waals surface area contributed by atoms with Crippen LogP contribution in [0.25, 0.3) is 0 Å². The molecule has 1 amide bonds. The van der Waals surface area contributed by atoms with Gasteiger partial charge in [0.25, 0.3) is 5.91 Å². The number of nitrogens with one attached hydrogen (secondary N) is 4. The van der Waals surface area contributed by atoms with Crippen molar-refractivity contribution in [3.05, 3.63) is 35.1 Å². The molecule has 0 aromatic rings. The zero-order chi connectivity index (χ0) is 19.9. The summed E-state index contributed by atoms with van der Waals surface area (Å²) in [6.07, 6.45) is 10.2. The van der Waals surface area contributed by atoms with E-state index in [2.05, 4.69) is 16.0 Å². The molecule has 3 rings (SSSR count). The molecule has 2 fully saturated rings. The Labute approximate surface area is 168 Å². The molecule has 1 saturated carbocycles. The van der Waals surface area contributed by atoms with Crippen molar-refractivity contribution < 1.29 is 9.53 Å². The van der Waals surface area contributed by atoms with Gasteiger partial charge in [0.1, 0.15) is 0 Å². The first-order valence-corrected chi connectivity index (χ1v) is 10.6.